The van der Waals surface area contributed by atoms with Crippen LogP contribution in [-0.4, -0.2) is 84.7 Å². The lowest BCUT2D eigenvalue weighted by molar-refractivity contribution is -0.127. The topological polar surface area (TPSA) is 65.1 Å². The molecular formula is C24H38N4O3. The predicted molar refractivity (Wildman–Crippen MR) is 122 cm³/mol. The molecule has 1 aromatic rings. The smallest absolute Gasteiger partial charge is 0.409 e. The first kappa shape index (κ1) is 23.5. The van der Waals surface area contributed by atoms with Crippen LogP contribution >= 0.6 is 0 Å². The van der Waals surface area contributed by atoms with Crippen LogP contribution in [0.4, 0.5) is 4.79 Å². The Bertz CT molecular complexity index is 696. The Kier molecular flexibility index (Phi) is 8.72. The maximum atomic E-state index is 12.8. The molecule has 2 heterocycles. The Balaban J connectivity index is 1.36. The molecule has 1 unspecified atom stereocenters. The van der Waals surface area contributed by atoms with Gasteiger partial charge in [-0.2, -0.15) is 0 Å². The van der Waals surface area contributed by atoms with Gasteiger partial charge in [-0.05, 0) is 31.2 Å². The van der Waals surface area contributed by atoms with E-state index in [-0.39, 0.29) is 24.1 Å². The number of nitrogens with zero attached hydrogens (tertiary/aromatic N) is 3. The van der Waals surface area contributed by atoms with Crippen molar-refractivity contribution in [2.24, 2.45) is 5.92 Å². The normalized spacial score (nSPS) is 19.9. The van der Waals surface area contributed by atoms with Crippen LogP contribution in [0.5, 0.6) is 0 Å². The predicted octanol–water partition coefficient (Wildman–Crippen LogP) is 2.57. The van der Waals surface area contributed by atoms with E-state index in [2.05, 4.69) is 39.4 Å². The summed E-state index contributed by atoms with van der Waals surface area (Å²) in [5.74, 6) is 0.427. The summed E-state index contributed by atoms with van der Waals surface area (Å²) in [6, 6.07) is 10.6. The summed E-state index contributed by atoms with van der Waals surface area (Å²) >= 11 is 0. The maximum Gasteiger partial charge on any atom is 0.409 e. The van der Waals surface area contributed by atoms with E-state index < -0.39 is 0 Å². The third kappa shape index (κ3) is 7.21. The van der Waals surface area contributed by atoms with Crippen molar-refractivity contribution in [1.82, 2.24) is 20.0 Å². The summed E-state index contributed by atoms with van der Waals surface area (Å²) in [5, 5.41) is 3.25. The SMILES string of the molecule is CC(C)COC(=O)N1CCN(C(C)C(=O)NC2CCN(Cc3ccccc3)CC2)CC1. The van der Waals surface area contributed by atoms with E-state index in [1.165, 1.54) is 5.56 Å². The van der Waals surface area contributed by atoms with E-state index in [1.54, 1.807) is 4.90 Å². The third-order valence-electron chi connectivity index (χ3n) is 6.22. The van der Waals surface area contributed by atoms with Crippen molar-refractivity contribution in [1.29, 1.82) is 0 Å². The van der Waals surface area contributed by atoms with E-state index in [1.807, 2.05) is 26.8 Å². The van der Waals surface area contributed by atoms with Gasteiger partial charge in [-0.3, -0.25) is 14.6 Å². The number of carbonyl (C=O) groups excluding carboxylic acids is 2. The zero-order chi connectivity index (χ0) is 22.2. The van der Waals surface area contributed by atoms with Crippen molar-refractivity contribution < 1.29 is 14.3 Å². The van der Waals surface area contributed by atoms with E-state index in [4.69, 9.17) is 4.74 Å². The number of ether oxygens (including phenoxy) is 1. The van der Waals surface area contributed by atoms with Crippen LogP contribution in [0.1, 0.15) is 39.2 Å². The molecule has 7 nitrogen and oxygen atoms in total. The molecule has 1 aromatic carbocycles. The minimum absolute atomic E-state index is 0.0948. The zero-order valence-corrected chi connectivity index (χ0v) is 19.3. The molecule has 0 aliphatic carbocycles. The molecule has 1 atom stereocenters. The highest BCUT2D eigenvalue weighted by atomic mass is 16.6. The number of benzene rings is 1. The average Bonchev–Trinajstić information content (AvgIpc) is 2.79. The zero-order valence-electron chi connectivity index (χ0n) is 19.3. The van der Waals surface area contributed by atoms with Crippen LogP contribution < -0.4 is 5.32 Å². The number of nitrogens with one attached hydrogen (secondary N) is 1. The maximum absolute atomic E-state index is 12.8. The van der Waals surface area contributed by atoms with Gasteiger partial charge in [-0.1, -0.05) is 44.2 Å². The van der Waals surface area contributed by atoms with E-state index in [0.29, 0.717) is 38.7 Å². The van der Waals surface area contributed by atoms with Crippen LogP contribution in [0.25, 0.3) is 0 Å². The van der Waals surface area contributed by atoms with Crippen molar-refractivity contribution in [3.05, 3.63) is 35.9 Å². The molecule has 2 aliphatic heterocycles. The van der Waals surface area contributed by atoms with E-state index in [0.717, 1.165) is 32.5 Å². The van der Waals surface area contributed by atoms with Gasteiger partial charge < -0.3 is 15.0 Å². The largest absolute Gasteiger partial charge is 0.449 e. The minimum Gasteiger partial charge on any atom is -0.449 e. The molecule has 0 aromatic heterocycles. The number of likely N-dealkylation sites (tertiary alicyclic amines) is 1. The second-order valence-electron chi connectivity index (χ2n) is 9.21. The summed E-state index contributed by atoms with van der Waals surface area (Å²) < 4.78 is 5.32. The lowest BCUT2D eigenvalue weighted by Gasteiger charge is -2.38. The van der Waals surface area contributed by atoms with Gasteiger partial charge in [-0.25, -0.2) is 4.79 Å². The molecule has 7 heteroatoms. The molecule has 172 valence electrons. The van der Waals surface area contributed by atoms with Crippen LogP contribution in [0.2, 0.25) is 0 Å². The van der Waals surface area contributed by atoms with E-state index in [9.17, 15) is 9.59 Å². The molecule has 3 rings (SSSR count). The number of hydrogen-bond donors (Lipinski definition) is 1. The summed E-state index contributed by atoms with van der Waals surface area (Å²) in [4.78, 5) is 31.3. The van der Waals surface area contributed by atoms with Crippen molar-refractivity contribution in [2.45, 2.75) is 52.2 Å². The van der Waals surface area contributed by atoms with Gasteiger partial charge in [0.1, 0.15) is 0 Å². The first-order chi connectivity index (χ1) is 14.9. The van der Waals surface area contributed by atoms with Gasteiger partial charge in [0.2, 0.25) is 5.91 Å². The van der Waals surface area contributed by atoms with Gasteiger partial charge in [0.25, 0.3) is 0 Å². The lowest BCUT2D eigenvalue weighted by atomic mass is 10.0. The quantitative estimate of drug-likeness (QED) is 0.720. The fourth-order valence-corrected chi connectivity index (χ4v) is 4.19. The molecule has 2 aliphatic rings. The average molecular weight is 431 g/mol. The molecule has 2 saturated heterocycles. The molecular weight excluding hydrogens is 392 g/mol. The Morgan fingerprint density at radius 3 is 2.26 bits per heavy atom. The summed E-state index contributed by atoms with van der Waals surface area (Å²) in [6.07, 6.45) is 1.73. The highest BCUT2D eigenvalue weighted by Gasteiger charge is 2.30. The van der Waals surface area contributed by atoms with Crippen LogP contribution in [0.3, 0.4) is 0 Å². The number of hydrogen-bond acceptors (Lipinski definition) is 5. The third-order valence-corrected chi connectivity index (χ3v) is 6.22. The Labute approximate surface area is 186 Å². The highest BCUT2D eigenvalue weighted by molar-refractivity contribution is 5.81. The second kappa shape index (κ2) is 11.5. The standard InChI is InChI=1S/C24H38N4O3/c1-19(2)18-31-24(30)28-15-13-27(14-16-28)20(3)23(29)25-22-9-11-26(12-10-22)17-21-7-5-4-6-8-21/h4-8,19-20,22H,9-18H2,1-3H3,(H,25,29). The molecule has 2 fully saturated rings. The Morgan fingerprint density at radius 1 is 1.00 bits per heavy atom. The summed E-state index contributed by atoms with van der Waals surface area (Å²) in [5.41, 5.74) is 1.34. The van der Waals surface area contributed by atoms with Crippen LogP contribution in [0.15, 0.2) is 30.3 Å². The van der Waals surface area contributed by atoms with Gasteiger partial charge in [0, 0.05) is 51.9 Å². The number of carbonyl (C=O) groups is 2. The van der Waals surface area contributed by atoms with Gasteiger partial charge in [0.15, 0.2) is 0 Å². The van der Waals surface area contributed by atoms with Gasteiger partial charge >= 0.3 is 6.09 Å². The van der Waals surface area contributed by atoms with Crippen molar-refractivity contribution in [3.63, 3.8) is 0 Å². The molecule has 0 bridgehead atoms. The Morgan fingerprint density at radius 2 is 1.65 bits per heavy atom. The summed E-state index contributed by atoms with van der Waals surface area (Å²) in [7, 11) is 0. The number of piperidine rings is 1. The van der Waals surface area contributed by atoms with Crippen LogP contribution in [-0.2, 0) is 16.1 Å². The highest BCUT2D eigenvalue weighted by Crippen LogP contribution is 2.15. The molecule has 0 radical (unpaired) electrons. The number of piperazine rings is 1. The fourth-order valence-electron chi connectivity index (χ4n) is 4.19. The molecule has 31 heavy (non-hydrogen) atoms. The van der Waals surface area contributed by atoms with Crippen molar-refractivity contribution in [3.8, 4) is 0 Å². The first-order valence-corrected chi connectivity index (χ1v) is 11.6. The molecule has 0 saturated carbocycles. The number of rotatable bonds is 7. The van der Waals surface area contributed by atoms with Crippen molar-refractivity contribution >= 4 is 12.0 Å². The number of amides is 2. The fraction of sp³-hybridized carbons (Fsp3) is 0.667. The Hall–Kier alpha value is -2.12. The van der Waals surface area contributed by atoms with Crippen LogP contribution in [0, 0.1) is 5.92 Å². The first-order valence-electron chi connectivity index (χ1n) is 11.6. The molecule has 1 N–H and O–H groups in total. The van der Waals surface area contributed by atoms with E-state index >= 15 is 0 Å². The molecule has 0 spiro atoms. The summed E-state index contributed by atoms with van der Waals surface area (Å²) in [6.45, 7) is 12.0. The lowest BCUT2D eigenvalue weighted by Crippen LogP contribution is -2.56. The van der Waals surface area contributed by atoms with Crippen molar-refractivity contribution in [2.75, 3.05) is 45.9 Å². The molecule has 2 amide bonds. The minimum atomic E-state index is -0.243. The monoisotopic (exact) mass is 430 g/mol. The van der Waals surface area contributed by atoms with Gasteiger partial charge in [-0.15, -0.1) is 0 Å². The second-order valence-corrected chi connectivity index (χ2v) is 9.21. The van der Waals surface area contributed by atoms with Gasteiger partial charge in [0.05, 0.1) is 12.6 Å².